The third-order valence-electron chi connectivity index (χ3n) is 2.77. The Kier molecular flexibility index (Phi) is 5.53. The third-order valence-corrected chi connectivity index (χ3v) is 2.77. The predicted octanol–water partition coefficient (Wildman–Crippen LogP) is 1.77. The average Bonchev–Trinajstić information content (AvgIpc) is 2.20. The lowest BCUT2D eigenvalue weighted by Gasteiger charge is -2.39. The van der Waals surface area contributed by atoms with E-state index in [0.29, 0.717) is 19.5 Å². The van der Waals surface area contributed by atoms with Crippen LogP contribution in [0.2, 0.25) is 0 Å². The highest BCUT2D eigenvalue weighted by Gasteiger charge is 2.34. The second-order valence-electron chi connectivity index (χ2n) is 5.98. The fourth-order valence-corrected chi connectivity index (χ4v) is 1.94. The van der Waals surface area contributed by atoms with Gasteiger partial charge < -0.3 is 14.4 Å². The predicted molar refractivity (Wildman–Crippen MR) is 72.2 cm³/mol. The molecule has 0 aromatic heterocycles. The number of ketones is 1. The molecule has 0 aromatic rings. The van der Waals surface area contributed by atoms with Gasteiger partial charge in [-0.05, 0) is 27.7 Å². The number of likely N-dealkylation sites (tertiary alicyclic amines) is 1. The normalized spacial score (nSPS) is 15.5. The average molecular weight is 285 g/mol. The first-order chi connectivity index (χ1) is 9.21. The van der Waals surface area contributed by atoms with Gasteiger partial charge in [-0.3, -0.25) is 9.59 Å². The number of esters is 1. The lowest BCUT2D eigenvalue weighted by atomic mass is 9.93. The van der Waals surface area contributed by atoms with Crippen LogP contribution in [0.5, 0.6) is 0 Å². The Hall–Kier alpha value is -1.59. The molecular weight excluding hydrogens is 262 g/mol. The van der Waals surface area contributed by atoms with Crippen molar-refractivity contribution in [2.45, 2.75) is 46.1 Å². The van der Waals surface area contributed by atoms with Gasteiger partial charge in [0.25, 0.3) is 0 Å². The molecule has 6 nitrogen and oxygen atoms in total. The quantitative estimate of drug-likeness (QED) is 0.568. The zero-order chi connectivity index (χ0) is 15.3. The van der Waals surface area contributed by atoms with Gasteiger partial charge in [-0.2, -0.15) is 0 Å². The molecule has 1 aliphatic rings. The lowest BCUT2D eigenvalue weighted by molar-refractivity contribution is -0.146. The molecule has 6 heteroatoms. The van der Waals surface area contributed by atoms with E-state index in [1.807, 2.05) is 20.8 Å². The summed E-state index contributed by atoms with van der Waals surface area (Å²) in [5.41, 5.74) is -0.512. The number of nitrogens with zero attached hydrogens (tertiary/aromatic N) is 1. The van der Waals surface area contributed by atoms with Crippen LogP contribution in [0.3, 0.4) is 0 Å². The Labute approximate surface area is 119 Å². The zero-order valence-electron chi connectivity index (χ0n) is 12.6. The summed E-state index contributed by atoms with van der Waals surface area (Å²) in [6, 6.07) is 0. The van der Waals surface area contributed by atoms with Crippen molar-refractivity contribution in [2.75, 3.05) is 19.7 Å². The van der Waals surface area contributed by atoms with Gasteiger partial charge in [-0.15, -0.1) is 0 Å². The first kappa shape index (κ1) is 16.5. The van der Waals surface area contributed by atoms with Crippen molar-refractivity contribution in [1.29, 1.82) is 0 Å². The number of amides is 1. The van der Waals surface area contributed by atoms with E-state index in [-0.39, 0.29) is 30.8 Å². The Morgan fingerprint density at radius 3 is 2.30 bits per heavy atom. The van der Waals surface area contributed by atoms with Crippen molar-refractivity contribution >= 4 is 17.8 Å². The van der Waals surface area contributed by atoms with Crippen molar-refractivity contribution < 1.29 is 23.9 Å². The number of Topliss-reactive ketones (excluding diaryl/α,β-unsaturated/α-hetero) is 1. The van der Waals surface area contributed by atoms with Crippen LogP contribution >= 0.6 is 0 Å². The summed E-state index contributed by atoms with van der Waals surface area (Å²) in [5, 5.41) is 0. The van der Waals surface area contributed by atoms with E-state index in [4.69, 9.17) is 9.47 Å². The first-order valence-corrected chi connectivity index (χ1v) is 6.86. The van der Waals surface area contributed by atoms with Crippen LogP contribution in [-0.4, -0.2) is 48.0 Å². The molecule has 0 bridgehead atoms. The molecule has 114 valence electrons. The minimum Gasteiger partial charge on any atom is -0.466 e. The number of hydrogen-bond donors (Lipinski definition) is 0. The van der Waals surface area contributed by atoms with E-state index < -0.39 is 11.6 Å². The van der Waals surface area contributed by atoms with E-state index in [1.165, 1.54) is 0 Å². The summed E-state index contributed by atoms with van der Waals surface area (Å²) in [7, 11) is 0. The molecule has 1 aliphatic heterocycles. The number of carbonyl (C=O) groups excluding carboxylic acids is 3. The molecule has 20 heavy (non-hydrogen) atoms. The van der Waals surface area contributed by atoms with Crippen molar-refractivity contribution in [2.24, 2.45) is 5.92 Å². The summed E-state index contributed by atoms with van der Waals surface area (Å²) < 4.78 is 9.94. The highest BCUT2D eigenvalue weighted by molar-refractivity contribution is 5.95. The second-order valence-corrected chi connectivity index (χ2v) is 5.98. The molecule has 1 heterocycles. The van der Waals surface area contributed by atoms with E-state index in [0.717, 1.165) is 0 Å². The SMILES string of the molecule is CCOC(=O)CC(=O)CC1CN(C(=O)OC(C)(C)C)C1. The van der Waals surface area contributed by atoms with E-state index >= 15 is 0 Å². The molecule has 0 atom stereocenters. The van der Waals surface area contributed by atoms with Gasteiger partial charge in [0.2, 0.25) is 0 Å². The van der Waals surface area contributed by atoms with Crippen molar-refractivity contribution in [1.82, 2.24) is 4.90 Å². The number of rotatable bonds is 5. The molecule has 0 aromatic carbocycles. The van der Waals surface area contributed by atoms with Gasteiger partial charge >= 0.3 is 12.1 Å². The molecule has 1 saturated heterocycles. The maximum Gasteiger partial charge on any atom is 0.410 e. The van der Waals surface area contributed by atoms with E-state index in [9.17, 15) is 14.4 Å². The van der Waals surface area contributed by atoms with Crippen LogP contribution in [-0.2, 0) is 19.1 Å². The summed E-state index contributed by atoms with van der Waals surface area (Å²) in [5.74, 6) is -0.512. The van der Waals surface area contributed by atoms with Crippen LogP contribution < -0.4 is 0 Å². The Bertz CT molecular complexity index is 380. The highest BCUT2D eigenvalue weighted by atomic mass is 16.6. The number of ether oxygens (including phenoxy) is 2. The first-order valence-electron chi connectivity index (χ1n) is 6.86. The highest BCUT2D eigenvalue weighted by Crippen LogP contribution is 2.22. The molecule has 0 N–H and O–H groups in total. The summed E-state index contributed by atoms with van der Waals surface area (Å²) in [6.07, 6.45) is -0.235. The Morgan fingerprint density at radius 1 is 1.20 bits per heavy atom. The smallest absolute Gasteiger partial charge is 0.410 e. The van der Waals surface area contributed by atoms with Crippen LogP contribution in [0.4, 0.5) is 4.79 Å². The Morgan fingerprint density at radius 2 is 1.80 bits per heavy atom. The molecule has 1 amide bonds. The standard InChI is InChI=1S/C14H23NO5/c1-5-19-12(17)7-11(16)6-10-8-15(9-10)13(18)20-14(2,3)4/h10H,5-9H2,1-4H3. The van der Waals surface area contributed by atoms with Gasteiger partial charge in [0.1, 0.15) is 17.8 Å². The third kappa shape index (κ3) is 5.59. The lowest BCUT2D eigenvalue weighted by Crippen LogP contribution is -2.52. The Balaban J connectivity index is 2.23. The number of carbonyl (C=O) groups is 3. The van der Waals surface area contributed by atoms with Crippen LogP contribution in [0.1, 0.15) is 40.5 Å². The van der Waals surface area contributed by atoms with Crippen molar-refractivity contribution in [3.05, 3.63) is 0 Å². The van der Waals surface area contributed by atoms with Gasteiger partial charge in [-0.25, -0.2) is 4.79 Å². The van der Waals surface area contributed by atoms with Gasteiger partial charge in [0.15, 0.2) is 0 Å². The van der Waals surface area contributed by atoms with Gasteiger partial charge in [0, 0.05) is 25.4 Å². The molecule has 0 spiro atoms. The molecule has 1 rings (SSSR count). The summed E-state index contributed by atoms with van der Waals surface area (Å²) in [4.78, 5) is 36.0. The van der Waals surface area contributed by atoms with Gasteiger partial charge in [-0.1, -0.05) is 0 Å². The van der Waals surface area contributed by atoms with E-state index in [2.05, 4.69) is 0 Å². The maximum absolute atomic E-state index is 11.7. The summed E-state index contributed by atoms with van der Waals surface area (Å²) in [6.45, 7) is 8.42. The minimum absolute atomic E-state index is 0.115. The minimum atomic E-state index is -0.512. The van der Waals surface area contributed by atoms with Crippen LogP contribution in [0, 0.1) is 5.92 Å². The van der Waals surface area contributed by atoms with Crippen LogP contribution in [0.15, 0.2) is 0 Å². The molecule has 1 fully saturated rings. The largest absolute Gasteiger partial charge is 0.466 e. The summed E-state index contributed by atoms with van der Waals surface area (Å²) >= 11 is 0. The van der Waals surface area contributed by atoms with Crippen molar-refractivity contribution in [3.8, 4) is 0 Å². The van der Waals surface area contributed by atoms with Gasteiger partial charge in [0.05, 0.1) is 6.61 Å². The van der Waals surface area contributed by atoms with E-state index in [1.54, 1.807) is 11.8 Å². The topological polar surface area (TPSA) is 72.9 Å². The molecule has 0 unspecified atom stereocenters. The van der Waals surface area contributed by atoms with Crippen molar-refractivity contribution in [3.63, 3.8) is 0 Å². The monoisotopic (exact) mass is 285 g/mol. The van der Waals surface area contributed by atoms with Crippen LogP contribution in [0.25, 0.3) is 0 Å². The fourth-order valence-electron chi connectivity index (χ4n) is 1.94. The number of hydrogen-bond acceptors (Lipinski definition) is 5. The maximum atomic E-state index is 11.7. The molecule has 0 radical (unpaired) electrons. The molecule has 0 saturated carbocycles. The second kappa shape index (κ2) is 6.72. The molecular formula is C14H23NO5. The fraction of sp³-hybridized carbons (Fsp3) is 0.786. The zero-order valence-corrected chi connectivity index (χ0v) is 12.6. The molecule has 0 aliphatic carbocycles.